The lowest BCUT2D eigenvalue weighted by Crippen LogP contribution is -2.18. The average molecular weight is 637 g/mol. The smallest absolute Gasteiger partial charge is 0.453 e. The molecule has 0 atom stereocenters. The maximum absolute atomic E-state index is 12.8. The lowest BCUT2D eigenvalue weighted by atomic mass is 10.3. The van der Waals surface area contributed by atoms with E-state index in [1.54, 1.807) is 0 Å². The fourth-order valence-corrected chi connectivity index (χ4v) is 5.07. The van der Waals surface area contributed by atoms with Crippen LogP contribution in [0.2, 0.25) is 15.1 Å². The number of nitrogens with zero attached hydrogens (tertiary/aromatic N) is 1. The number of anilines is 1. The quantitative estimate of drug-likeness (QED) is 0.209. The van der Waals surface area contributed by atoms with E-state index in [2.05, 4.69) is 25.4 Å². The predicted molar refractivity (Wildman–Crippen MR) is 126 cm³/mol. The zero-order valence-corrected chi connectivity index (χ0v) is 21.2. The molecule has 0 saturated heterocycles. The molecule has 3 aromatic rings. The minimum atomic E-state index is -4.98. The van der Waals surface area contributed by atoms with Crippen LogP contribution in [0.15, 0.2) is 57.9 Å². The van der Waals surface area contributed by atoms with Gasteiger partial charge in [-0.2, -0.15) is 0 Å². The van der Waals surface area contributed by atoms with Gasteiger partial charge in [0.15, 0.2) is 5.75 Å². The van der Waals surface area contributed by atoms with E-state index >= 15 is 0 Å². The zero-order chi connectivity index (χ0) is 26.1. The van der Waals surface area contributed by atoms with Gasteiger partial charge in [-0.3, -0.25) is 14.8 Å². The highest BCUT2D eigenvalue weighted by Crippen LogP contribution is 2.41. The molecule has 16 heteroatoms. The topological polar surface area (TPSA) is 108 Å². The van der Waals surface area contributed by atoms with Crippen LogP contribution in [0.4, 0.5) is 24.5 Å². The summed E-state index contributed by atoms with van der Waals surface area (Å²) >= 11 is 21.3. The maximum atomic E-state index is 12.8. The summed E-state index contributed by atoms with van der Waals surface area (Å²) in [6, 6.07) is 8.29. The normalized spacial score (nSPS) is 11.7. The van der Waals surface area contributed by atoms with Crippen LogP contribution in [0.3, 0.4) is 0 Å². The zero-order valence-electron chi connectivity index (χ0n) is 16.6. The number of benzene rings is 3. The summed E-state index contributed by atoms with van der Waals surface area (Å²) in [5, 5.41) is 10.2. The van der Waals surface area contributed by atoms with Crippen LogP contribution >= 0.6 is 50.7 Å². The summed E-state index contributed by atoms with van der Waals surface area (Å²) in [7, 11) is -4.40. The number of rotatable bonds is 7. The van der Waals surface area contributed by atoms with Crippen LogP contribution in [-0.2, 0) is 10.0 Å². The lowest BCUT2D eigenvalue weighted by Gasteiger charge is -2.15. The molecule has 0 bridgehead atoms. The molecule has 186 valence electrons. The average Bonchev–Trinajstić information content (AvgIpc) is 2.72. The lowest BCUT2D eigenvalue weighted by molar-refractivity contribution is -0.384. The largest absolute Gasteiger partial charge is 0.573 e. The molecule has 35 heavy (non-hydrogen) atoms. The second kappa shape index (κ2) is 10.3. The Morgan fingerprint density at radius 1 is 0.971 bits per heavy atom. The second-order valence-corrected chi connectivity index (χ2v) is 10.2. The molecular weight excluding hydrogens is 628 g/mol. The maximum Gasteiger partial charge on any atom is 0.573 e. The molecule has 0 saturated carbocycles. The van der Waals surface area contributed by atoms with E-state index < -0.39 is 32.0 Å². The van der Waals surface area contributed by atoms with Gasteiger partial charge in [0.25, 0.3) is 15.7 Å². The number of nitro groups is 1. The molecule has 3 rings (SSSR count). The predicted octanol–water partition coefficient (Wildman–Crippen LogP) is 7.81. The molecule has 0 aliphatic carbocycles. The van der Waals surface area contributed by atoms with E-state index in [4.69, 9.17) is 39.5 Å². The highest BCUT2D eigenvalue weighted by atomic mass is 79.9. The van der Waals surface area contributed by atoms with Gasteiger partial charge < -0.3 is 9.47 Å². The Labute approximate surface area is 218 Å². The summed E-state index contributed by atoms with van der Waals surface area (Å²) in [5.41, 5.74) is -0.542. The fourth-order valence-electron chi connectivity index (χ4n) is 2.57. The molecule has 0 amide bonds. The Balaban J connectivity index is 1.90. The number of halogens is 7. The third kappa shape index (κ3) is 6.82. The Kier molecular flexibility index (Phi) is 7.96. The summed E-state index contributed by atoms with van der Waals surface area (Å²) < 4.78 is 74.7. The van der Waals surface area contributed by atoms with Gasteiger partial charge in [-0.1, -0.05) is 34.8 Å². The second-order valence-electron chi connectivity index (χ2n) is 6.48. The molecule has 3 aromatic carbocycles. The molecule has 0 aliphatic heterocycles. The summed E-state index contributed by atoms with van der Waals surface area (Å²) in [5.74, 6) is -0.886. The van der Waals surface area contributed by atoms with Crippen molar-refractivity contribution in [2.45, 2.75) is 11.3 Å². The molecule has 0 spiro atoms. The number of non-ortho nitro benzene ring substituents is 1. The number of nitrogens with one attached hydrogen (secondary N) is 1. The Morgan fingerprint density at radius 2 is 1.60 bits per heavy atom. The first kappa shape index (κ1) is 27.1. The van der Waals surface area contributed by atoms with E-state index in [0.29, 0.717) is 0 Å². The highest BCUT2D eigenvalue weighted by Gasteiger charge is 2.31. The Bertz CT molecular complexity index is 1400. The first-order valence-corrected chi connectivity index (χ1v) is 12.3. The van der Waals surface area contributed by atoms with Gasteiger partial charge in [-0.05, 0) is 46.3 Å². The van der Waals surface area contributed by atoms with Crippen molar-refractivity contribution >= 4 is 72.1 Å². The highest BCUT2D eigenvalue weighted by molar-refractivity contribution is 9.10. The molecule has 0 fully saturated rings. The van der Waals surface area contributed by atoms with Gasteiger partial charge in [0.1, 0.15) is 11.5 Å². The number of ether oxygens (including phenoxy) is 2. The van der Waals surface area contributed by atoms with Crippen LogP contribution < -0.4 is 14.2 Å². The summed E-state index contributed by atoms with van der Waals surface area (Å²) in [6.07, 6.45) is -4.98. The van der Waals surface area contributed by atoms with E-state index in [0.717, 1.165) is 42.5 Å². The van der Waals surface area contributed by atoms with E-state index in [1.807, 2.05) is 0 Å². The van der Waals surface area contributed by atoms with Crippen LogP contribution in [0.1, 0.15) is 0 Å². The molecule has 0 heterocycles. The SMILES string of the molecule is O=[N+]([O-])c1ccc(Oc2c(Cl)cc(S(=O)(=O)Nc3cc(OC(F)(F)F)ccc3Br)cc2Cl)c(Cl)c1. The Hall–Kier alpha value is -2.45. The number of sulfonamides is 1. The van der Waals surface area contributed by atoms with Gasteiger partial charge in [0, 0.05) is 22.7 Å². The van der Waals surface area contributed by atoms with Crippen LogP contribution in [0.5, 0.6) is 17.2 Å². The third-order valence-electron chi connectivity index (χ3n) is 4.04. The minimum absolute atomic E-state index is 0.0415. The van der Waals surface area contributed by atoms with Gasteiger partial charge >= 0.3 is 6.36 Å². The minimum Gasteiger partial charge on any atom is -0.453 e. The molecule has 8 nitrogen and oxygen atoms in total. The van der Waals surface area contributed by atoms with Crippen molar-refractivity contribution in [2.24, 2.45) is 0 Å². The summed E-state index contributed by atoms with van der Waals surface area (Å²) in [4.78, 5) is 9.73. The van der Waals surface area contributed by atoms with Gasteiger partial charge in [-0.15, -0.1) is 13.2 Å². The molecule has 0 aromatic heterocycles. The third-order valence-corrected chi connectivity index (χ3v) is 6.93. The first-order valence-electron chi connectivity index (χ1n) is 8.85. The van der Waals surface area contributed by atoms with Crippen molar-refractivity contribution < 1.29 is 36.0 Å². The van der Waals surface area contributed by atoms with Crippen LogP contribution in [0.25, 0.3) is 0 Å². The van der Waals surface area contributed by atoms with E-state index in [9.17, 15) is 31.7 Å². The van der Waals surface area contributed by atoms with Crippen molar-refractivity contribution in [1.29, 1.82) is 0 Å². The van der Waals surface area contributed by atoms with E-state index in [1.165, 1.54) is 6.07 Å². The number of alkyl halides is 3. The Morgan fingerprint density at radius 3 is 2.14 bits per heavy atom. The number of nitro benzene ring substituents is 1. The molecule has 1 N–H and O–H groups in total. The van der Waals surface area contributed by atoms with Gasteiger partial charge in [0.05, 0.1) is 30.6 Å². The van der Waals surface area contributed by atoms with Gasteiger partial charge in [0.2, 0.25) is 0 Å². The molecule has 0 unspecified atom stereocenters. The van der Waals surface area contributed by atoms with Crippen molar-refractivity contribution in [3.63, 3.8) is 0 Å². The van der Waals surface area contributed by atoms with Crippen molar-refractivity contribution in [1.82, 2.24) is 0 Å². The molecule has 0 aliphatic rings. The van der Waals surface area contributed by atoms with Crippen LogP contribution in [-0.4, -0.2) is 19.7 Å². The number of hydrogen-bond donors (Lipinski definition) is 1. The first-order chi connectivity index (χ1) is 16.2. The molecular formula is C19H9BrCl3F3N2O6S. The van der Waals surface area contributed by atoms with Crippen LogP contribution in [0, 0.1) is 10.1 Å². The monoisotopic (exact) mass is 634 g/mol. The van der Waals surface area contributed by atoms with Gasteiger partial charge in [-0.25, -0.2) is 8.42 Å². The fraction of sp³-hybridized carbons (Fsp3) is 0.0526. The van der Waals surface area contributed by atoms with E-state index in [-0.39, 0.29) is 42.4 Å². The number of hydrogen-bond acceptors (Lipinski definition) is 6. The standard InChI is InChI=1S/C19H9BrCl3F3N2O6S/c20-12-3-2-10(34-19(24,25)26)6-16(12)27-35(31,32)11-7-14(22)18(15(23)8-11)33-17-4-1-9(28(29)30)5-13(17)21/h1-8,27H. The summed E-state index contributed by atoms with van der Waals surface area (Å²) in [6.45, 7) is 0. The molecule has 0 radical (unpaired) electrons. The van der Waals surface area contributed by atoms with Crippen molar-refractivity contribution in [3.8, 4) is 17.2 Å². The van der Waals surface area contributed by atoms with Crippen molar-refractivity contribution in [2.75, 3.05) is 4.72 Å². The van der Waals surface area contributed by atoms with Crippen molar-refractivity contribution in [3.05, 3.63) is 78.2 Å².